The summed E-state index contributed by atoms with van der Waals surface area (Å²) in [6.45, 7) is 5.42. The van der Waals surface area contributed by atoms with Crippen LogP contribution in [0.15, 0.2) is 29.5 Å². The molecule has 0 saturated heterocycles. The molecular formula is C11H14N3SVWY-3. The number of nitrogens with one attached hydrogen (secondary N) is 1. The molecule has 1 N–H and O–H groups in total. The fourth-order valence-corrected chi connectivity index (χ4v) is 0.906. The maximum absolute atomic E-state index is 4.84. The Kier molecular flexibility index (Phi) is 24.3. The van der Waals surface area contributed by atoms with Crippen molar-refractivity contribution in [1.29, 1.82) is 0 Å². The zero-order valence-electron chi connectivity index (χ0n) is 10.3. The van der Waals surface area contributed by atoms with E-state index in [2.05, 4.69) is 22.4 Å². The third-order valence-electron chi connectivity index (χ3n) is 1.45. The van der Waals surface area contributed by atoms with E-state index >= 15 is 0 Å². The normalized spacial score (nSPS) is 8.44. The van der Waals surface area contributed by atoms with E-state index in [0.29, 0.717) is 10.7 Å². The molecule has 0 saturated carbocycles. The van der Waals surface area contributed by atoms with E-state index in [1.807, 2.05) is 18.2 Å². The van der Waals surface area contributed by atoms with Crippen LogP contribution in [0.5, 0.6) is 0 Å². The first-order valence-corrected chi connectivity index (χ1v) is 4.53. The van der Waals surface area contributed by atoms with Gasteiger partial charge < -0.3 is 25.8 Å². The molecule has 7 heteroatoms. The van der Waals surface area contributed by atoms with Gasteiger partial charge in [-0.15, -0.1) is 6.07 Å². The standard InChI is InChI=1S/C10H11N3S.CH3.V.W.Y/c1-3-9(13-12-8(2)14)10-6-4-5-7-11-10;;;;/h3-7H,1H2,2H3,(H,12,14);1H3;;;/q-2;-1;;;/b13-9+;;;;. The molecule has 0 aliphatic heterocycles. The second-order valence-corrected chi connectivity index (χ2v) is 3.20. The molecular weight excluding hydrogens is 530 g/mol. The van der Waals surface area contributed by atoms with Gasteiger partial charge in [0.1, 0.15) is 0 Å². The van der Waals surface area contributed by atoms with Crippen LogP contribution < -0.4 is 5.43 Å². The van der Waals surface area contributed by atoms with Crippen LogP contribution in [0, 0.1) is 20.8 Å². The maximum Gasteiger partial charge on any atom is 0.0929 e. The number of hydrazone groups is 1. The zero-order valence-corrected chi connectivity index (χ0v) is 18.3. The number of thiocarbonyl (C=S) groups is 1. The number of hydrogen-bond acceptors (Lipinski definition) is 3. The zero-order chi connectivity index (χ0) is 10.4. The number of pyridine rings is 1. The van der Waals surface area contributed by atoms with E-state index in [-0.39, 0.29) is 79.8 Å². The molecule has 0 aromatic carbocycles. The van der Waals surface area contributed by atoms with Gasteiger partial charge in [-0.05, 0) is 13.0 Å². The molecule has 2 radical (unpaired) electrons. The number of rotatable bonds is 3. The van der Waals surface area contributed by atoms with Gasteiger partial charge in [-0.3, -0.25) is 5.43 Å². The van der Waals surface area contributed by atoms with E-state index in [0.717, 1.165) is 5.69 Å². The Hall–Kier alpha value is 0.957. The summed E-state index contributed by atoms with van der Waals surface area (Å²) in [5, 5.41) is 4.06. The second kappa shape index (κ2) is 16.0. The first-order chi connectivity index (χ1) is 6.74. The quantitative estimate of drug-likeness (QED) is 0.275. The summed E-state index contributed by atoms with van der Waals surface area (Å²) in [4.78, 5) is 4.75. The first-order valence-electron chi connectivity index (χ1n) is 4.12. The number of aromatic nitrogens is 1. The minimum Gasteiger partial charge on any atom is -0.410 e. The summed E-state index contributed by atoms with van der Waals surface area (Å²) in [7, 11) is 0. The van der Waals surface area contributed by atoms with E-state index in [1.165, 1.54) is 0 Å². The van der Waals surface area contributed by atoms with Gasteiger partial charge >= 0.3 is 0 Å². The first kappa shape index (κ1) is 27.3. The van der Waals surface area contributed by atoms with Crippen molar-refractivity contribution in [1.82, 2.24) is 10.4 Å². The molecule has 96 valence electrons. The minimum atomic E-state index is 0. The molecule has 1 aromatic heterocycles. The van der Waals surface area contributed by atoms with E-state index in [1.54, 1.807) is 19.5 Å². The monoisotopic (exact) mass is 544 g/mol. The second-order valence-electron chi connectivity index (χ2n) is 2.58. The number of hydrogen-bond donors (Lipinski definition) is 1. The van der Waals surface area contributed by atoms with Crippen molar-refractivity contribution in [3.63, 3.8) is 0 Å². The molecule has 0 aliphatic rings. The van der Waals surface area contributed by atoms with E-state index in [4.69, 9.17) is 12.2 Å². The molecule has 0 bridgehead atoms. The van der Waals surface area contributed by atoms with E-state index < -0.39 is 0 Å². The van der Waals surface area contributed by atoms with Crippen LogP contribution in [0.4, 0.5) is 0 Å². The smallest absolute Gasteiger partial charge is 0.0929 e. The average Bonchev–Trinajstić information content (AvgIpc) is 2.20. The molecule has 1 heterocycles. The van der Waals surface area contributed by atoms with Crippen molar-refractivity contribution in [3.05, 3.63) is 50.9 Å². The van der Waals surface area contributed by atoms with Gasteiger partial charge in [0.05, 0.1) is 4.99 Å². The summed E-state index contributed by atoms with van der Waals surface area (Å²) in [6.07, 6.45) is 3.34. The van der Waals surface area contributed by atoms with E-state index in [9.17, 15) is 0 Å². The van der Waals surface area contributed by atoms with Crippen LogP contribution >= 0.6 is 12.2 Å². The molecule has 18 heavy (non-hydrogen) atoms. The molecule has 0 unspecified atom stereocenters. The SMILES string of the molecule is [CH2-][CH-]/C(=N\NC(C)=S)c1ccccn1.[CH3-].[V].[W].[Y]. The third kappa shape index (κ3) is 10.8. The maximum atomic E-state index is 4.84. The van der Waals surface area contributed by atoms with Crippen LogP contribution in [-0.2, 0) is 72.3 Å². The van der Waals surface area contributed by atoms with Gasteiger partial charge in [-0.1, -0.05) is 29.7 Å². The molecule has 0 fully saturated rings. The van der Waals surface area contributed by atoms with Gasteiger partial charge in [-0.2, -0.15) is 0 Å². The molecule has 1 aromatic rings. The summed E-state index contributed by atoms with van der Waals surface area (Å²) in [5.41, 5.74) is 4.15. The average molecular weight is 544 g/mol. The van der Waals surface area contributed by atoms with Gasteiger partial charge in [-0.25, -0.2) is 5.10 Å². The fraction of sp³-hybridized carbons (Fsp3) is 0.0909. The molecule has 0 spiro atoms. The Labute approximate surface area is 166 Å². The fourth-order valence-electron chi connectivity index (χ4n) is 0.861. The Balaban J connectivity index is -0.000000245. The molecule has 0 amide bonds. The van der Waals surface area contributed by atoms with Gasteiger partial charge in [0.2, 0.25) is 0 Å². The van der Waals surface area contributed by atoms with Crippen molar-refractivity contribution in [2.45, 2.75) is 6.92 Å². The predicted molar refractivity (Wildman–Crippen MR) is 68.3 cm³/mol. The Morgan fingerprint density at radius 3 is 2.50 bits per heavy atom. The van der Waals surface area contributed by atoms with Crippen LogP contribution in [0.3, 0.4) is 0 Å². The third-order valence-corrected chi connectivity index (χ3v) is 1.55. The van der Waals surface area contributed by atoms with Crippen molar-refractivity contribution < 1.29 is 72.3 Å². The Bertz CT molecular complexity index is 349. The molecule has 1 rings (SSSR count). The van der Waals surface area contributed by atoms with Crippen LogP contribution in [-0.4, -0.2) is 15.7 Å². The molecule has 3 nitrogen and oxygen atoms in total. The summed E-state index contributed by atoms with van der Waals surface area (Å²) >= 11 is 4.84. The molecule has 0 atom stereocenters. The number of nitrogens with zero attached hydrogens (tertiary/aromatic N) is 2. The summed E-state index contributed by atoms with van der Waals surface area (Å²) < 4.78 is 0. The van der Waals surface area contributed by atoms with Gasteiger partial charge in [0.15, 0.2) is 0 Å². The summed E-state index contributed by atoms with van der Waals surface area (Å²) in [6, 6.07) is 5.61. The van der Waals surface area contributed by atoms with Crippen LogP contribution in [0.25, 0.3) is 0 Å². The van der Waals surface area contributed by atoms with Crippen molar-refractivity contribution in [2.75, 3.05) is 0 Å². The largest absolute Gasteiger partial charge is 0.410 e. The van der Waals surface area contributed by atoms with Gasteiger partial charge in [0, 0.05) is 78.5 Å². The predicted octanol–water partition coefficient (Wildman–Crippen LogP) is 2.20. The van der Waals surface area contributed by atoms with Gasteiger partial charge in [0.25, 0.3) is 0 Å². The van der Waals surface area contributed by atoms with Crippen molar-refractivity contribution in [3.8, 4) is 0 Å². The van der Waals surface area contributed by atoms with Crippen LogP contribution in [0.1, 0.15) is 12.6 Å². The minimum absolute atomic E-state index is 0. The van der Waals surface area contributed by atoms with Crippen molar-refractivity contribution >= 4 is 22.9 Å². The molecule has 0 aliphatic carbocycles. The van der Waals surface area contributed by atoms with Crippen molar-refractivity contribution in [2.24, 2.45) is 5.10 Å². The Morgan fingerprint density at radius 2 is 2.11 bits per heavy atom. The van der Waals surface area contributed by atoms with Crippen LogP contribution in [0.2, 0.25) is 0 Å². The Morgan fingerprint density at radius 1 is 1.50 bits per heavy atom. The topological polar surface area (TPSA) is 37.3 Å². The summed E-state index contributed by atoms with van der Waals surface area (Å²) in [5.74, 6) is 0.